The lowest BCUT2D eigenvalue weighted by Gasteiger charge is -2.32. The summed E-state index contributed by atoms with van der Waals surface area (Å²) in [5.74, 6) is 2.34. The van der Waals surface area contributed by atoms with Crippen LogP contribution >= 0.6 is 0 Å². The molecule has 0 saturated carbocycles. The number of ether oxygens (including phenoxy) is 1. The van der Waals surface area contributed by atoms with Gasteiger partial charge in [0.15, 0.2) is 5.82 Å². The molecule has 0 bridgehead atoms. The Labute approximate surface area is 231 Å². The summed E-state index contributed by atoms with van der Waals surface area (Å²) in [6, 6.07) is 20.9. The minimum Gasteiger partial charge on any atom is -0.376 e. The van der Waals surface area contributed by atoms with Crippen molar-refractivity contribution in [1.82, 2.24) is 20.2 Å². The van der Waals surface area contributed by atoms with Crippen LogP contribution in [0.25, 0.3) is 11.4 Å². The first kappa shape index (κ1) is 27.1. The molecule has 0 spiro atoms. The molecule has 1 aromatic heterocycles. The quantitative estimate of drug-likeness (QED) is 0.304. The molecule has 3 aromatic rings. The van der Waals surface area contributed by atoms with E-state index in [1.807, 2.05) is 30.3 Å². The Balaban J connectivity index is 1.11. The molecule has 3 heterocycles. The highest BCUT2D eigenvalue weighted by atomic mass is 16.5. The van der Waals surface area contributed by atoms with Crippen LogP contribution in [0.1, 0.15) is 37.3 Å². The van der Waals surface area contributed by atoms with Gasteiger partial charge in [0.2, 0.25) is 5.91 Å². The van der Waals surface area contributed by atoms with Gasteiger partial charge in [-0.1, -0.05) is 60.7 Å². The normalized spacial score (nSPS) is 17.4. The standard InChI is InChI=1S/C31H40N6O2/c1-23(38)32-16-17-33-30-28-21-26(34-31(28)36-29(35-30)25-12-6-3-7-13-25)22-39-27-14-19-37(20-15-27)18-8-11-24-9-4-2-5-10-24/h2-7,9-10,12-13,26-27H,8,11,14-22H2,1H3,(H,32,38)(H2,33,34,35,36). The molecule has 2 aromatic carbocycles. The average molecular weight is 529 g/mol. The van der Waals surface area contributed by atoms with Crippen molar-refractivity contribution in [1.29, 1.82) is 0 Å². The predicted molar refractivity (Wildman–Crippen MR) is 156 cm³/mol. The number of fused-ring (bicyclic) bond motifs is 1. The number of carbonyl (C=O) groups excluding carboxylic acids is 1. The second-order valence-electron chi connectivity index (χ2n) is 10.5. The smallest absolute Gasteiger partial charge is 0.216 e. The SMILES string of the molecule is CC(=O)NCCNc1nc(-c2ccccc2)nc2c1CC(COC1CCN(CCCc3ccccc3)CC1)N2. The Hall–Kier alpha value is -3.49. The van der Waals surface area contributed by atoms with Gasteiger partial charge in [0, 0.05) is 50.7 Å². The van der Waals surface area contributed by atoms with E-state index in [9.17, 15) is 4.79 Å². The number of nitrogens with one attached hydrogen (secondary N) is 3. The average Bonchev–Trinajstić information content (AvgIpc) is 3.39. The first-order chi connectivity index (χ1) is 19.1. The molecule has 8 nitrogen and oxygen atoms in total. The lowest BCUT2D eigenvalue weighted by atomic mass is 10.1. The van der Waals surface area contributed by atoms with Gasteiger partial charge in [-0.3, -0.25) is 4.79 Å². The molecular weight excluding hydrogens is 488 g/mol. The molecule has 3 N–H and O–H groups in total. The molecule has 39 heavy (non-hydrogen) atoms. The number of aryl methyl sites for hydroxylation is 1. The van der Waals surface area contributed by atoms with E-state index in [0.717, 1.165) is 68.1 Å². The fraction of sp³-hybridized carbons (Fsp3) is 0.452. The summed E-state index contributed by atoms with van der Waals surface area (Å²) in [6.07, 6.45) is 5.63. The number of piperidine rings is 1. The number of nitrogens with zero attached hydrogens (tertiary/aromatic N) is 3. The summed E-state index contributed by atoms with van der Waals surface area (Å²) in [7, 11) is 0. The maximum Gasteiger partial charge on any atom is 0.216 e. The number of rotatable bonds is 12. The summed E-state index contributed by atoms with van der Waals surface area (Å²) < 4.78 is 6.39. The van der Waals surface area contributed by atoms with Crippen molar-refractivity contribution in [2.45, 2.75) is 51.2 Å². The van der Waals surface area contributed by atoms with Crippen LogP contribution in [0.5, 0.6) is 0 Å². The highest BCUT2D eigenvalue weighted by Crippen LogP contribution is 2.32. The first-order valence-electron chi connectivity index (χ1n) is 14.2. The molecule has 1 fully saturated rings. The van der Waals surface area contributed by atoms with E-state index in [0.29, 0.717) is 31.6 Å². The van der Waals surface area contributed by atoms with Gasteiger partial charge in [-0.25, -0.2) is 9.97 Å². The molecule has 2 aliphatic heterocycles. The minimum atomic E-state index is -0.0356. The maximum atomic E-state index is 11.3. The Morgan fingerprint density at radius 2 is 1.77 bits per heavy atom. The van der Waals surface area contributed by atoms with Crippen LogP contribution < -0.4 is 16.0 Å². The van der Waals surface area contributed by atoms with Gasteiger partial charge in [-0.05, 0) is 37.8 Å². The van der Waals surface area contributed by atoms with E-state index in [1.165, 1.54) is 18.9 Å². The number of amides is 1. The van der Waals surface area contributed by atoms with Crippen LogP contribution in [0.3, 0.4) is 0 Å². The summed E-state index contributed by atoms with van der Waals surface area (Å²) in [4.78, 5) is 23.5. The van der Waals surface area contributed by atoms with Gasteiger partial charge in [0.1, 0.15) is 11.6 Å². The summed E-state index contributed by atoms with van der Waals surface area (Å²) >= 11 is 0. The zero-order valence-corrected chi connectivity index (χ0v) is 22.9. The molecule has 206 valence electrons. The van der Waals surface area contributed by atoms with Crippen LogP contribution in [-0.2, 0) is 22.4 Å². The number of aromatic nitrogens is 2. The molecule has 0 radical (unpaired) electrons. The zero-order valence-electron chi connectivity index (χ0n) is 22.9. The van der Waals surface area contributed by atoms with Gasteiger partial charge in [0.25, 0.3) is 0 Å². The third kappa shape index (κ3) is 7.77. The third-order valence-corrected chi connectivity index (χ3v) is 7.47. The lowest BCUT2D eigenvalue weighted by molar-refractivity contribution is -0.118. The van der Waals surface area contributed by atoms with Crippen LogP contribution in [0.2, 0.25) is 0 Å². The summed E-state index contributed by atoms with van der Waals surface area (Å²) in [5.41, 5.74) is 3.48. The Kier molecular flexibility index (Phi) is 9.40. The van der Waals surface area contributed by atoms with Crippen molar-refractivity contribution >= 4 is 17.5 Å². The van der Waals surface area contributed by atoms with Gasteiger partial charge in [-0.2, -0.15) is 0 Å². The van der Waals surface area contributed by atoms with E-state index in [4.69, 9.17) is 14.7 Å². The first-order valence-corrected chi connectivity index (χ1v) is 14.2. The van der Waals surface area contributed by atoms with Crippen molar-refractivity contribution in [3.05, 3.63) is 71.8 Å². The lowest BCUT2D eigenvalue weighted by Crippen LogP contribution is -2.39. The van der Waals surface area contributed by atoms with Crippen molar-refractivity contribution < 1.29 is 9.53 Å². The number of anilines is 2. The largest absolute Gasteiger partial charge is 0.376 e. The topological polar surface area (TPSA) is 91.4 Å². The van der Waals surface area contributed by atoms with Crippen LogP contribution in [-0.4, -0.2) is 72.3 Å². The van der Waals surface area contributed by atoms with E-state index in [-0.39, 0.29) is 11.9 Å². The monoisotopic (exact) mass is 528 g/mol. The fourth-order valence-electron chi connectivity index (χ4n) is 5.37. The highest BCUT2D eigenvalue weighted by Gasteiger charge is 2.28. The highest BCUT2D eigenvalue weighted by molar-refractivity contribution is 5.73. The minimum absolute atomic E-state index is 0.0356. The van der Waals surface area contributed by atoms with E-state index in [1.54, 1.807) is 0 Å². The molecule has 1 saturated heterocycles. The number of likely N-dealkylation sites (tertiary alicyclic amines) is 1. The van der Waals surface area contributed by atoms with Gasteiger partial charge in [-0.15, -0.1) is 0 Å². The number of benzene rings is 2. The predicted octanol–water partition coefficient (Wildman–Crippen LogP) is 4.14. The Bertz CT molecular complexity index is 1200. The van der Waals surface area contributed by atoms with Crippen molar-refractivity contribution in [2.75, 3.05) is 50.0 Å². The molecule has 0 aliphatic carbocycles. The summed E-state index contributed by atoms with van der Waals surface area (Å²) in [6.45, 7) is 6.68. The molecule has 2 aliphatic rings. The molecule has 1 amide bonds. The van der Waals surface area contributed by atoms with E-state index < -0.39 is 0 Å². The van der Waals surface area contributed by atoms with Crippen LogP contribution in [0.15, 0.2) is 60.7 Å². The van der Waals surface area contributed by atoms with E-state index >= 15 is 0 Å². The van der Waals surface area contributed by atoms with Crippen molar-refractivity contribution in [3.63, 3.8) is 0 Å². The van der Waals surface area contributed by atoms with Gasteiger partial charge in [0.05, 0.1) is 18.8 Å². The van der Waals surface area contributed by atoms with E-state index in [2.05, 4.69) is 51.2 Å². The molecule has 5 rings (SSSR count). The van der Waals surface area contributed by atoms with Crippen molar-refractivity contribution in [3.8, 4) is 11.4 Å². The Morgan fingerprint density at radius 1 is 1.03 bits per heavy atom. The molecule has 1 unspecified atom stereocenters. The second kappa shape index (κ2) is 13.5. The maximum absolute atomic E-state index is 11.3. The second-order valence-corrected chi connectivity index (χ2v) is 10.5. The molecular formula is C31H40N6O2. The number of hydrogen-bond donors (Lipinski definition) is 3. The summed E-state index contributed by atoms with van der Waals surface area (Å²) in [5, 5.41) is 9.84. The van der Waals surface area contributed by atoms with Crippen LogP contribution in [0, 0.1) is 0 Å². The van der Waals surface area contributed by atoms with Gasteiger partial charge >= 0.3 is 0 Å². The van der Waals surface area contributed by atoms with Crippen LogP contribution in [0.4, 0.5) is 11.6 Å². The Morgan fingerprint density at radius 3 is 2.51 bits per heavy atom. The zero-order chi connectivity index (χ0) is 26.9. The third-order valence-electron chi connectivity index (χ3n) is 7.47. The number of carbonyl (C=O) groups is 1. The molecule has 1 atom stereocenters. The molecule has 8 heteroatoms. The fourth-order valence-corrected chi connectivity index (χ4v) is 5.37. The van der Waals surface area contributed by atoms with Gasteiger partial charge < -0.3 is 25.6 Å². The number of hydrogen-bond acceptors (Lipinski definition) is 7. The van der Waals surface area contributed by atoms with Crippen molar-refractivity contribution in [2.24, 2.45) is 0 Å².